The van der Waals surface area contributed by atoms with Crippen molar-refractivity contribution >= 4 is 49.8 Å². The van der Waals surface area contributed by atoms with Crippen LogP contribution in [0.5, 0.6) is 5.75 Å². The Morgan fingerprint density at radius 1 is 1.39 bits per heavy atom. The second-order valence-electron chi connectivity index (χ2n) is 4.79. The molecule has 0 fully saturated rings. The number of halogens is 2. The number of amides is 1. The lowest BCUT2D eigenvalue weighted by Crippen LogP contribution is -2.30. The van der Waals surface area contributed by atoms with Crippen LogP contribution in [0.1, 0.15) is 19.4 Å². The average Bonchev–Trinajstić information content (AvgIpc) is 2.42. The van der Waals surface area contributed by atoms with Crippen LogP contribution in [0.3, 0.4) is 0 Å². The predicted molar refractivity (Wildman–Crippen MR) is 91.8 cm³/mol. The summed E-state index contributed by atoms with van der Waals surface area (Å²) >= 11 is 6.55. The Morgan fingerprint density at radius 3 is 2.39 bits per heavy atom. The van der Waals surface area contributed by atoms with Crippen LogP contribution in [0.25, 0.3) is 6.08 Å². The molecule has 0 aliphatic heterocycles. The number of hydrogen-bond acceptors (Lipinski definition) is 4. The quantitative estimate of drug-likeness (QED) is 0.517. The molecule has 0 radical (unpaired) electrons. The summed E-state index contributed by atoms with van der Waals surface area (Å²) in [7, 11) is 0. The fourth-order valence-electron chi connectivity index (χ4n) is 1.59. The van der Waals surface area contributed by atoms with Gasteiger partial charge in [0.2, 0.25) is 0 Å². The predicted octanol–water partition coefficient (Wildman–Crippen LogP) is 3.11. The van der Waals surface area contributed by atoms with Gasteiger partial charge in [0, 0.05) is 6.04 Å². The number of benzene rings is 1. The van der Waals surface area contributed by atoms with Crippen LogP contribution in [0.2, 0.25) is 0 Å². The van der Waals surface area contributed by atoms with Crippen LogP contribution >= 0.6 is 31.9 Å². The molecule has 1 rings (SSSR count). The first-order valence-electron chi connectivity index (χ1n) is 6.51. The van der Waals surface area contributed by atoms with Gasteiger partial charge < -0.3 is 15.2 Å². The fourth-order valence-corrected chi connectivity index (χ4v) is 3.04. The molecule has 1 aromatic rings. The van der Waals surface area contributed by atoms with Crippen LogP contribution < -0.4 is 10.1 Å². The van der Waals surface area contributed by atoms with Gasteiger partial charge in [0.05, 0.1) is 8.95 Å². The van der Waals surface area contributed by atoms with E-state index in [0.29, 0.717) is 20.3 Å². The third-order valence-corrected chi connectivity index (χ3v) is 3.63. The smallest absolute Gasteiger partial charge is 0.341 e. The summed E-state index contributed by atoms with van der Waals surface area (Å²) in [6, 6.07) is 5.03. The standard InChI is InChI=1S/C15H14Br2N2O4/c1-8(2)19-15(22)10(6-18)3-9-4-11(16)14(12(17)5-9)23-7-13(20)21/h3-5,8H,7H2,1-2H3,(H,19,22)(H,20,21)/b10-3-. The molecule has 0 atom stereocenters. The van der Waals surface area contributed by atoms with Crippen molar-refractivity contribution in [1.29, 1.82) is 5.26 Å². The highest BCUT2D eigenvalue weighted by atomic mass is 79.9. The highest BCUT2D eigenvalue weighted by Crippen LogP contribution is 2.35. The van der Waals surface area contributed by atoms with Gasteiger partial charge in [-0.05, 0) is 69.5 Å². The maximum atomic E-state index is 11.9. The van der Waals surface area contributed by atoms with Crippen LogP contribution in [-0.2, 0) is 9.59 Å². The van der Waals surface area contributed by atoms with E-state index < -0.39 is 18.5 Å². The Balaban J connectivity index is 3.10. The van der Waals surface area contributed by atoms with Crippen molar-refractivity contribution in [3.8, 4) is 11.8 Å². The molecule has 0 aliphatic carbocycles. The van der Waals surface area contributed by atoms with E-state index in [-0.39, 0.29) is 11.6 Å². The number of nitrogens with zero attached hydrogens (tertiary/aromatic N) is 1. The van der Waals surface area contributed by atoms with Crippen molar-refractivity contribution in [2.75, 3.05) is 6.61 Å². The highest BCUT2D eigenvalue weighted by molar-refractivity contribution is 9.11. The molecule has 0 heterocycles. The Morgan fingerprint density at radius 2 is 1.96 bits per heavy atom. The van der Waals surface area contributed by atoms with Crippen molar-refractivity contribution in [1.82, 2.24) is 5.32 Å². The number of hydrogen-bond donors (Lipinski definition) is 2. The molecule has 0 saturated carbocycles. The lowest BCUT2D eigenvalue weighted by Gasteiger charge is -2.10. The average molecular weight is 446 g/mol. The van der Waals surface area contributed by atoms with Crippen LogP contribution in [-0.4, -0.2) is 29.6 Å². The largest absolute Gasteiger partial charge is 0.480 e. The molecule has 0 spiro atoms. The van der Waals surface area contributed by atoms with E-state index >= 15 is 0 Å². The zero-order valence-corrected chi connectivity index (χ0v) is 15.6. The number of carboxylic acids is 1. The second kappa shape index (κ2) is 8.70. The highest BCUT2D eigenvalue weighted by Gasteiger charge is 2.13. The molecule has 0 unspecified atom stereocenters. The van der Waals surface area contributed by atoms with E-state index in [1.165, 1.54) is 6.08 Å². The van der Waals surface area contributed by atoms with Gasteiger partial charge in [0.1, 0.15) is 17.4 Å². The van der Waals surface area contributed by atoms with Crippen molar-refractivity contribution in [3.05, 3.63) is 32.2 Å². The minimum Gasteiger partial charge on any atom is -0.480 e. The van der Waals surface area contributed by atoms with E-state index in [1.54, 1.807) is 26.0 Å². The number of carbonyl (C=O) groups is 2. The van der Waals surface area contributed by atoms with Gasteiger partial charge in [0.25, 0.3) is 5.91 Å². The molecule has 0 bridgehead atoms. The normalized spacial score (nSPS) is 11.0. The van der Waals surface area contributed by atoms with Crippen LogP contribution in [0.4, 0.5) is 0 Å². The summed E-state index contributed by atoms with van der Waals surface area (Å²) < 4.78 is 6.16. The summed E-state index contributed by atoms with van der Waals surface area (Å²) in [6.07, 6.45) is 1.44. The monoisotopic (exact) mass is 444 g/mol. The molecular weight excluding hydrogens is 432 g/mol. The molecule has 1 aromatic carbocycles. The number of carbonyl (C=O) groups excluding carboxylic acids is 1. The van der Waals surface area contributed by atoms with Crippen molar-refractivity contribution in [2.45, 2.75) is 19.9 Å². The Bertz CT molecular complexity index is 670. The molecule has 1 amide bonds. The first kappa shape index (κ1) is 19.2. The zero-order valence-electron chi connectivity index (χ0n) is 12.4. The summed E-state index contributed by atoms with van der Waals surface area (Å²) in [6.45, 7) is 3.12. The van der Waals surface area contributed by atoms with Crippen LogP contribution in [0.15, 0.2) is 26.7 Å². The minimum absolute atomic E-state index is 0.0308. The van der Waals surface area contributed by atoms with Gasteiger partial charge in [-0.2, -0.15) is 5.26 Å². The number of aliphatic carboxylic acids is 1. The number of ether oxygens (including phenoxy) is 1. The van der Waals surface area contributed by atoms with Gasteiger partial charge >= 0.3 is 5.97 Å². The summed E-state index contributed by atoms with van der Waals surface area (Å²) in [5.41, 5.74) is 0.554. The summed E-state index contributed by atoms with van der Waals surface area (Å²) in [4.78, 5) is 22.5. The maximum absolute atomic E-state index is 11.9. The molecule has 0 aliphatic rings. The molecule has 23 heavy (non-hydrogen) atoms. The molecule has 8 heteroatoms. The van der Waals surface area contributed by atoms with Gasteiger partial charge in [-0.1, -0.05) is 0 Å². The first-order chi connectivity index (χ1) is 10.7. The SMILES string of the molecule is CC(C)NC(=O)/C(C#N)=C\c1cc(Br)c(OCC(=O)O)c(Br)c1. The van der Waals surface area contributed by atoms with Gasteiger partial charge in [-0.15, -0.1) is 0 Å². The summed E-state index contributed by atoms with van der Waals surface area (Å²) in [5, 5.41) is 20.4. The van der Waals surface area contributed by atoms with Crippen LogP contribution in [0, 0.1) is 11.3 Å². The van der Waals surface area contributed by atoms with E-state index in [9.17, 15) is 9.59 Å². The number of rotatable bonds is 6. The zero-order chi connectivity index (χ0) is 17.6. The maximum Gasteiger partial charge on any atom is 0.341 e. The molecule has 122 valence electrons. The number of nitrogens with one attached hydrogen (secondary N) is 1. The van der Waals surface area contributed by atoms with Gasteiger partial charge in [-0.25, -0.2) is 4.79 Å². The van der Waals surface area contributed by atoms with Crippen molar-refractivity contribution in [2.24, 2.45) is 0 Å². The molecule has 6 nitrogen and oxygen atoms in total. The number of nitriles is 1. The van der Waals surface area contributed by atoms with Gasteiger partial charge in [0.15, 0.2) is 6.61 Å². The lowest BCUT2D eigenvalue weighted by atomic mass is 10.1. The topological polar surface area (TPSA) is 99.4 Å². The molecular formula is C15H14Br2N2O4. The molecule has 0 saturated heterocycles. The van der Waals surface area contributed by atoms with E-state index in [4.69, 9.17) is 15.1 Å². The lowest BCUT2D eigenvalue weighted by molar-refractivity contribution is -0.139. The van der Waals surface area contributed by atoms with E-state index in [1.807, 2.05) is 6.07 Å². The summed E-state index contributed by atoms with van der Waals surface area (Å²) in [5.74, 6) is -1.22. The Hall–Kier alpha value is -1.85. The third-order valence-electron chi connectivity index (χ3n) is 2.46. The molecule has 0 aromatic heterocycles. The second-order valence-corrected chi connectivity index (χ2v) is 6.50. The van der Waals surface area contributed by atoms with E-state index in [2.05, 4.69) is 37.2 Å². The Kier molecular flexibility index (Phi) is 7.26. The van der Waals surface area contributed by atoms with E-state index in [0.717, 1.165) is 0 Å². The fraction of sp³-hybridized carbons (Fsp3) is 0.267. The number of carboxylic acid groups (broad SMARTS) is 1. The van der Waals surface area contributed by atoms with Gasteiger partial charge in [-0.3, -0.25) is 4.79 Å². The molecule has 2 N–H and O–H groups in total. The Labute approximate surface area is 150 Å². The van der Waals surface area contributed by atoms with Crippen molar-refractivity contribution < 1.29 is 19.4 Å². The third kappa shape index (κ3) is 6.04. The first-order valence-corrected chi connectivity index (χ1v) is 8.09. The minimum atomic E-state index is -1.09. The van der Waals surface area contributed by atoms with Crippen molar-refractivity contribution in [3.63, 3.8) is 0 Å².